The number of hydrogen-bond acceptors (Lipinski definition) is 3. The van der Waals surface area contributed by atoms with Crippen LogP contribution in [0.3, 0.4) is 0 Å². The third kappa shape index (κ3) is 3.86. The van der Waals surface area contributed by atoms with Crippen LogP contribution in [0.5, 0.6) is 11.5 Å². The van der Waals surface area contributed by atoms with Gasteiger partial charge in [0.2, 0.25) is 0 Å². The number of benzene rings is 1. The topological polar surface area (TPSA) is 30.5 Å². The second kappa shape index (κ2) is 6.62. The first kappa shape index (κ1) is 14.7. The first-order valence-electron chi connectivity index (χ1n) is 6.86. The molecule has 1 aliphatic heterocycles. The van der Waals surface area contributed by atoms with E-state index in [9.17, 15) is 0 Å². The van der Waals surface area contributed by atoms with Crippen LogP contribution in [-0.2, 0) is 6.42 Å². The highest BCUT2D eigenvalue weighted by atomic mass is 79.9. The number of methoxy groups -OCH3 is 1. The minimum absolute atomic E-state index is 0.144. The Bertz CT molecular complexity index is 428. The molecule has 106 valence electrons. The summed E-state index contributed by atoms with van der Waals surface area (Å²) in [7, 11) is 1.69. The molecule has 0 aromatic heterocycles. The van der Waals surface area contributed by atoms with Gasteiger partial charge in [0.05, 0.1) is 13.2 Å². The monoisotopic (exact) mass is 327 g/mol. The molecule has 0 spiro atoms. The molecule has 1 unspecified atom stereocenters. The van der Waals surface area contributed by atoms with Crippen LogP contribution in [0.1, 0.15) is 32.3 Å². The highest BCUT2D eigenvalue weighted by Gasteiger charge is 2.20. The molecule has 1 atom stereocenters. The fraction of sp³-hybridized carbons (Fsp3) is 0.600. The maximum absolute atomic E-state index is 5.96. The lowest BCUT2D eigenvalue weighted by Gasteiger charge is -2.20. The summed E-state index contributed by atoms with van der Waals surface area (Å²) in [6, 6.07) is 4.65. The van der Waals surface area contributed by atoms with Gasteiger partial charge in [0.25, 0.3) is 0 Å². The van der Waals surface area contributed by atoms with Crippen LogP contribution >= 0.6 is 15.9 Å². The maximum atomic E-state index is 5.96. The van der Waals surface area contributed by atoms with Gasteiger partial charge in [-0.15, -0.1) is 0 Å². The first-order valence-corrected chi connectivity index (χ1v) is 7.66. The summed E-state index contributed by atoms with van der Waals surface area (Å²) < 4.78 is 12.5. The summed E-state index contributed by atoms with van der Waals surface area (Å²) in [5.41, 5.74) is 1.21. The van der Waals surface area contributed by atoms with Gasteiger partial charge in [0.15, 0.2) is 11.5 Å². The molecule has 1 aromatic carbocycles. The van der Waals surface area contributed by atoms with Gasteiger partial charge in [-0.1, -0.05) is 15.9 Å². The van der Waals surface area contributed by atoms with E-state index in [1.165, 1.54) is 18.4 Å². The van der Waals surface area contributed by atoms with Crippen LogP contribution in [0.25, 0.3) is 0 Å². The van der Waals surface area contributed by atoms with Crippen molar-refractivity contribution < 1.29 is 9.47 Å². The van der Waals surface area contributed by atoms with Gasteiger partial charge in [0.1, 0.15) is 0 Å². The Morgan fingerprint density at radius 3 is 2.79 bits per heavy atom. The van der Waals surface area contributed by atoms with Gasteiger partial charge in [0, 0.05) is 16.1 Å². The van der Waals surface area contributed by atoms with Crippen molar-refractivity contribution in [2.24, 2.45) is 0 Å². The fourth-order valence-electron chi connectivity index (χ4n) is 2.49. The van der Waals surface area contributed by atoms with Crippen molar-refractivity contribution in [2.45, 2.75) is 45.3 Å². The van der Waals surface area contributed by atoms with E-state index >= 15 is 0 Å². The third-order valence-electron chi connectivity index (χ3n) is 3.30. The second-order valence-electron chi connectivity index (χ2n) is 5.26. The van der Waals surface area contributed by atoms with Crippen LogP contribution < -0.4 is 14.8 Å². The SMILES string of the molecule is COc1cc(Br)cc(CC2CCCN2)c1OC(C)C. The zero-order chi connectivity index (χ0) is 13.8. The second-order valence-corrected chi connectivity index (χ2v) is 6.18. The van der Waals surface area contributed by atoms with Gasteiger partial charge in [-0.25, -0.2) is 0 Å². The summed E-state index contributed by atoms with van der Waals surface area (Å²) >= 11 is 3.55. The predicted octanol–water partition coefficient (Wildman–Crippen LogP) is 3.54. The van der Waals surface area contributed by atoms with Crippen molar-refractivity contribution in [3.05, 3.63) is 22.2 Å². The molecule has 19 heavy (non-hydrogen) atoms. The largest absolute Gasteiger partial charge is 0.493 e. The lowest BCUT2D eigenvalue weighted by molar-refractivity contribution is 0.227. The molecular weight excluding hydrogens is 306 g/mol. The molecule has 4 heteroatoms. The van der Waals surface area contributed by atoms with Crippen molar-refractivity contribution in [1.82, 2.24) is 5.32 Å². The molecule has 0 bridgehead atoms. The Kier molecular flexibility index (Phi) is 5.11. The molecule has 1 aromatic rings. The zero-order valence-corrected chi connectivity index (χ0v) is 13.4. The van der Waals surface area contributed by atoms with Gasteiger partial charge >= 0.3 is 0 Å². The molecule has 0 radical (unpaired) electrons. The van der Waals surface area contributed by atoms with Crippen LogP contribution in [0.15, 0.2) is 16.6 Å². The number of rotatable bonds is 5. The zero-order valence-electron chi connectivity index (χ0n) is 11.8. The molecule has 1 aliphatic rings. The van der Waals surface area contributed by atoms with Crippen molar-refractivity contribution in [3.63, 3.8) is 0 Å². The van der Waals surface area contributed by atoms with E-state index in [0.29, 0.717) is 6.04 Å². The average molecular weight is 328 g/mol. The lowest BCUT2D eigenvalue weighted by atomic mass is 10.0. The summed E-state index contributed by atoms with van der Waals surface area (Å²) in [5, 5.41) is 3.53. The lowest BCUT2D eigenvalue weighted by Crippen LogP contribution is -2.24. The van der Waals surface area contributed by atoms with Crippen LogP contribution in [0.4, 0.5) is 0 Å². The van der Waals surface area contributed by atoms with Gasteiger partial charge in [-0.3, -0.25) is 0 Å². The van der Waals surface area contributed by atoms with Gasteiger partial charge < -0.3 is 14.8 Å². The molecule has 1 heterocycles. The maximum Gasteiger partial charge on any atom is 0.164 e. The van der Waals surface area contributed by atoms with E-state index in [0.717, 1.165) is 28.9 Å². The Balaban J connectivity index is 2.29. The molecule has 1 N–H and O–H groups in total. The van der Waals surface area contributed by atoms with Crippen molar-refractivity contribution in [2.75, 3.05) is 13.7 Å². The highest BCUT2D eigenvalue weighted by molar-refractivity contribution is 9.10. The molecular formula is C15H22BrNO2. The quantitative estimate of drug-likeness (QED) is 0.897. The minimum atomic E-state index is 0.144. The summed E-state index contributed by atoms with van der Waals surface area (Å²) in [6.07, 6.45) is 3.62. The van der Waals surface area contributed by atoms with E-state index in [1.807, 2.05) is 19.9 Å². The molecule has 3 nitrogen and oxygen atoms in total. The van der Waals surface area contributed by atoms with Gasteiger partial charge in [-0.05, 0) is 51.8 Å². The van der Waals surface area contributed by atoms with E-state index in [-0.39, 0.29) is 6.10 Å². The summed E-state index contributed by atoms with van der Waals surface area (Å²) in [5.74, 6) is 1.69. The average Bonchev–Trinajstić information content (AvgIpc) is 2.84. The van der Waals surface area contributed by atoms with Crippen LogP contribution in [0, 0.1) is 0 Å². The van der Waals surface area contributed by atoms with E-state index < -0.39 is 0 Å². The number of nitrogens with one attached hydrogen (secondary N) is 1. The van der Waals surface area contributed by atoms with E-state index in [4.69, 9.17) is 9.47 Å². The first-order chi connectivity index (χ1) is 9.10. The Morgan fingerprint density at radius 2 is 2.21 bits per heavy atom. The predicted molar refractivity (Wildman–Crippen MR) is 81.2 cm³/mol. The summed E-state index contributed by atoms with van der Waals surface area (Å²) in [6.45, 7) is 5.20. The molecule has 2 rings (SSSR count). The third-order valence-corrected chi connectivity index (χ3v) is 3.76. The number of hydrogen-bond donors (Lipinski definition) is 1. The Hall–Kier alpha value is -0.740. The molecule has 0 saturated carbocycles. The van der Waals surface area contributed by atoms with Gasteiger partial charge in [-0.2, -0.15) is 0 Å². The van der Waals surface area contributed by atoms with Crippen molar-refractivity contribution in [1.29, 1.82) is 0 Å². The summed E-state index contributed by atoms with van der Waals surface area (Å²) in [4.78, 5) is 0. The molecule has 1 fully saturated rings. The van der Waals surface area contributed by atoms with E-state index in [2.05, 4.69) is 27.3 Å². The Labute approximate surface area is 123 Å². The number of halogens is 1. The number of ether oxygens (including phenoxy) is 2. The highest BCUT2D eigenvalue weighted by Crippen LogP contribution is 2.36. The standard InChI is InChI=1S/C15H22BrNO2/c1-10(2)19-15-11(8-13-5-4-6-17-13)7-12(16)9-14(15)18-3/h7,9-10,13,17H,4-6,8H2,1-3H3. The van der Waals surface area contributed by atoms with Crippen molar-refractivity contribution in [3.8, 4) is 11.5 Å². The fourth-order valence-corrected chi connectivity index (χ4v) is 2.98. The smallest absolute Gasteiger partial charge is 0.164 e. The molecule has 1 saturated heterocycles. The van der Waals surface area contributed by atoms with Crippen LogP contribution in [-0.4, -0.2) is 25.8 Å². The molecule has 0 amide bonds. The van der Waals surface area contributed by atoms with Crippen LogP contribution in [0.2, 0.25) is 0 Å². The normalized spacial score (nSPS) is 18.9. The Morgan fingerprint density at radius 1 is 1.42 bits per heavy atom. The minimum Gasteiger partial charge on any atom is -0.493 e. The van der Waals surface area contributed by atoms with Crippen molar-refractivity contribution >= 4 is 15.9 Å². The molecule has 0 aliphatic carbocycles. The van der Waals surface area contributed by atoms with E-state index in [1.54, 1.807) is 7.11 Å².